The van der Waals surface area contributed by atoms with Crippen LogP contribution in [-0.4, -0.2) is 34.6 Å². The summed E-state index contributed by atoms with van der Waals surface area (Å²) in [6.45, 7) is 2.89. The number of fused-ring (bicyclic) bond motifs is 1. The lowest BCUT2D eigenvalue weighted by Crippen LogP contribution is -2.30. The fourth-order valence-corrected chi connectivity index (χ4v) is 3.74. The summed E-state index contributed by atoms with van der Waals surface area (Å²) < 4.78 is 6.16. The third-order valence-corrected chi connectivity index (χ3v) is 5.24. The molecule has 6 nitrogen and oxygen atoms in total. The minimum atomic E-state index is -0.484. The number of pyridine rings is 1. The second kappa shape index (κ2) is 8.21. The molecule has 0 N–H and O–H groups in total. The maximum absolute atomic E-state index is 13.0. The molecule has 0 saturated heterocycles. The Morgan fingerprint density at radius 2 is 2.11 bits per heavy atom. The summed E-state index contributed by atoms with van der Waals surface area (Å²) in [5.74, 6) is -0.484. The number of nitrogens with zero attached hydrogens (tertiary/aromatic N) is 3. The number of aromatic nitrogens is 2. The molecule has 142 valence electrons. The highest BCUT2D eigenvalue weighted by Crippen LogP contribution is 2.20. The molecule has 1 aromatic carbocycles. The van der Waals surface area contributed by atoms with Crippen LogP contribution >= 0.6 is 22.9 Å². The first-order chi connectivity index (χ1) is 12.9. The van der Waals surface area contributed by atoms with Crippen LogP contribution in [0.4, 0.5) is 0 Å². The van der Waals surface area contributed by atoms with Gasteiger partial charge in [-0.15, -0.1) is 11.3 Å². The van der Waals surface area contributed by atoms with Gasteiger partial charge in [-0.2, -0.15) is 0 Å². The Labute approximate surface area is 166 Å². The molecule has 0 unspecified atom stereocenters. The summed E-state index contributed by atoms with van der Waals surface area (Å²) in [7, 11) is 3.24. The van der Waals surface area contributed by atoms with Crippen LogP contribution in [-0.2, 0) is 29.2 Å². The van der Waals surface area contributed by atoms with E-state index in [1.807, 2.05) is 36.4 Å². The standard InChI is InChI=1S/C19H20ClN3O3S/c1-12-21-16(11-27-12)9-22(2)8-14-6-13-4-5-15(20)7-17(13)23(19(14)25)10-18(24)26-3/h4-7,11H,8-10H2,1-3H3. The number of hydrogen-bond donors (Lipinski definition) is 0. The molecule has 2 aromatic heterocycles. The fourth-order valence-electron chi connectivity index (χ4n) is 2.97. The molecule has 0 bridgehead atoms. The van der Waals surface area contributed by atoms with E-state index >= 15 is 0 Å². The maximum Gasteiger partial charge on any atom is 0.325 e. The molecule has 3 rings (SSSR count). The van der Waals surface area contributed by atoms with E-state index in [9.17, 15) is 9.59 Å². The summed E-state index contributed by atoms with van der Waals surface area (Å²) in [4.78, 5) is 31.3. The number of esters is 1. The van der Waals surface area contributed by atoms with Gasteiger partial charge in [0.15, 0.2) is 0 Å². The van der Waals surface area contributed by atoms with Crippen molar-refractivity contribution in [3.8, 4) is 0 Å². The molecule has 0 atom stereocenters. The van der Waals surface area contributed by atoms with Crippen LogP contribution in [0.15, 0.2) is 34.4 Å². The Balaban J connectivity index is 1.97. The number of methoxy groups -OCH3 is 1. The van der Waals surface area contributed by atoms with Gasteiger partial charge in [-0.3, -0.25) is 19.1 Å². The van der Waals surface area contributed by atoms with E-state index in [1.165, 1.54) is 11.7 Å². The van der Waals surface area contributed by atoms with Crippen LogP contribution in [0.1, 0.15) is 16.3 Å². The van der Waals surface area contributed by atoms with Crippen molar-refractivity contribution < 1.29 is 9.53 Å². The second-order valence-electron chi connectivity index (χ2n) is 6.37. The van der Waals surface area contributed by atoms with Crippen molar-refractivity contribution in [2.75, 3.05) is 14.2 Å². The zero-order valence-electron chi connectivity index (χ0n) is 15.4. The minimum absolute atomic E-state index is 0.158. The van der Waals surface area contributed by atoms with Crippen molar-refractivity contribution in [2.24, 2.45) is 0 Å². The van der Waals surface area contributed by atoms with Crippen molar-refractivity contribution in [3.05, 3.63) is 61.3 Å². The van der Waals surface area contributed by atoms with Crippen LogP contribution in [0.3, 0.4) is 0 Å². The van der Waals surface area contributed by atoms with Crippen molar-refractivity contribution in [3.63, 3.8) is 0 Å². The number of halogens is 1. The SMILES string of the molecule is COC(=O)Cn1c(=O)c(CN(C)Cc2csc(C)n2)cc2ccc(Cl)cc21. The first kappa shape index (κ1) is 19.5. The Hall–Kier alpha value is -2.22. The minimum Gasteiger partial charge on any atom is -0.468 e. The summed E-state index contributed by atoms with van der Waals surface area (Å²) in [6, 6.07) is 7.15. The Morgan fingerprint density at radius 1 is 1.33 bits per heavy atom. The molecule has 27 heavy (non-hydrogen) atoms. The van der Waals surface area contributed by atoms with Crippen molar-refractivity contribution in [1.29, 1.82) is 0 Å². The summed E-state index contributed by atoms with van der Waals surface area (Å²) in [6.07, 6.45) is 0. The first-order valence-electron chi connectivity index (χ1n) is 8.35. The van der Waals surface area contributed by atoms with Crippen molar-refractivity contribution >= 4 is 39.8 Å². The highest BCUT2D eigenvalue weighted by molar-refractivity contribution is 7.09. The smallest absolute Gasteiger partial charge is 0.325 e. The third kappa shape index (κ3) is 4.55. The predicted octanol–water partition coefficient (Wildman–Crippen LogP) is 3.22. The van der Waals surface area contributed by atoms with E-state index in [2.05, 4.69) is 4.98 Å². The quantitative estimate of drug-likeness (QED) is 0.589. The summed E-state index contributed by atoms with van der Waals surface area (Å²) in [5.41, 5.74) is 1.96. The van der Waals surface area contributed by atoms with E-state index in [0.29, 0.717) is 29.2 Å². The molecule has 0 fully saturated rings. The predicted molar refractivity (Wildman–Crippen MR) is 107 cm³/mol. The lowest BCUT2D eigenvalue weighted by molar-refractivity contribution is -0.141. The molecule has 0 aliphatic carbocycles. The molecule has 3 aromatic rings. The molecule has 8 heteroatoms. The molecular weight excluding hydrogens is 386 g/mol. The van der Waals surface area contributed by atoms with Gasteiger partial charge in [0.1, 0.15) is 6.54 Å². The normalized spacial score (nSPS) is 11.3. The van der Waals surface area contributed by atoms with Crippen molar-refractivity contribution in [1.82, 2.24) is 14.5 Å². The zero-order valence-corrected chi connectivity index (χ0v) is 16.9. The van der Waals surface area contributed by atoms with Gasteiger partial charge in [-0.05, 0) is 37.6 Å². The van der Waals surface area contributed by atoms with E-state index in [0.717, 1.165) is 16.1 Å². The van der Waals surface area contributed by atoms with E-state index in [-0.39, 0.29) is 12.1 Å². The number of carbonyl (C=O) groups is 1. The monoisotopic (exact) mass is 405 g/mol. The molecule has 0 radical (unpaired) electrons. The lowest BCUT2D eigenvalue weighted by atomic mass is 10.1. The number of hydrogen-bond acceptors (Lipinski definition) is 6. The number of ether oxygens (including phenoxy) is 1. The van der Waals surface area contributed by atoms with Crippen LogP contribution < -0.4 is 5.56 Å². The molecule has 2 heterocycles. The van der Waals surface area contributed by atoms with E-state index < -0.39 is 5.97 Å². The van der Waals surface area contributed by atoms with Gasteiger partial charge in [0.05, 0.1) is 23.3 Å². The van der Waals surface area contributed by atoms with Crippen LogP contribution in [0.5, 0.6) is 0 Å². The highest BCUT2D eigenvalue weighted by atomic mass is 35.5. The second-order valence-corrected chi connectivity index (χ2v) is 7.87. The maximum atomic E-state index is 13.0. The molecule has 0 aliphatic heterocycles. The highest BCUT2D eigenvalue weighted by Gasteiger charge is 2.15. The van der Waals surface area contributed by atoms with E-state index in [1.54, 1.807) is 23.5 Å². The third-order valence-electron chi connectivity index (χ3n) is 4.19. The molecule has 0 saturated carbocycles. The molecule has 0 spiro atoms. The summed E-state index contributed by atoms with van der Waals surface area (Å²) >= 11 is 7.69. The van der Waals surface area contributed by atoms with Gasteiger partial charge >= 0.3 is 5.97 Å². The van der Waals surface area contributed by atoms with Gasteiger partial charge in [0, 0.05) is 29.1 Å². The average Bonchev–Trinajstić information content (AvgIpc) is 3.03. The van der Waals surface area contributed by atoms with Gasteiger partial charge in [0.2, 0.25) is 0 Å². The van der Waals surface area contributed by atoms with Crippen LogP contribution in [0.25, 0.3) is 10.9 Å². The number of thiazole rings is 1. The number of carbonyl (C=O) groups excluding carboxylic acids is 1. The van der Waals surface area contributed by atoms with Gasteiger partial charge in [-0.1, -0.05) is 17.7 Å². The van der Waals surface area contributed by atoms with Crippen molar-refractivity contribution in [2.45, 2.75) is 26.6 Å². The number of rotatable bonds is 6. The van der Waals surface area contributed by atoms with Crippen LogP contribution in [0, 0.1) is 6.92 Å². The lowest BCUT2D eigenvalue weighted by Gasteiger charge is -2.17. The van der Waals surface area contributed by atoms with E-state index in [4.69, 9.17) is 16.3 Å². The zero-order chi connectivity index (χ0) is 19.6. The number of benzene rings is 1. The molecule has 0 amide bonds. The largest absolute Gasteiger partial charge is 0.468 e. The summed E-state index contributed by atoms with van der Waals surface area (Å²) in [5, 5.41) is 4.38. The Kier molecular flexibility index (Phi) is 5.94. The Morgan fingerprint density at radius 3 is 2.78 bits per heavy atom. The first-order valence-corrected chi connectivity index (χ1v) is 9.61. The van der Waals surface area contributed by atoms with Crippen LogP contribution in [0.2, 0.25) is 5.02 Å². The van der Waals surface area contributed by atoms with Gasteiger partial charge < -0.3 is 4.74 Å². The average molecular weight is 406 g/mol. The topological polar surface area (TPSA) is 64.4 Å². The molecular formula is C19H20ClN3O3S. The fraction of sp³-hybridized carbons (Fsp3) is 0.316. The molecule has 0 aliphatic rings. The Bertz CT molecular complexity index is 1040. The van der Waals surface area contributed by atoms with Gasteiger partial charge in [-0.25, -0.2) is 4.98 Å². The number of aryl methyl sites for hydroxylation is 1. The van der Waals surface area contributed by atoms with Gasteiger partial charge in [0.25, 0.3) is 5.56 Å².